The molecule has 0 unspecified atom stereocenters. The molecule has 1 amide bonds. The Morgan fingerprint density at radius 1 is 1.31 bits per heavy atom. The SMILES string of the molecule is CC(C)N(C(=O)O[C@@H]1CCCNC1)C(C)C. The monoisotopic (exact) mass is 228 g/mol. The number of rotatable bonds is 3. The third-order valence-corrected chi connectivity index (χ3v) is 2.84. The number of nitrogens with zero attached hydrogens (tertiary/aromatic N) is 1. The lowest BCUT2D eigenvalue weighted by molar-refractivity contribution is 0.0363. The van der Waals surface area contributed by atoms with Crippen LogP contribution in [-0.4, -0.2) is 42.3 Å². The van der Waals surface area contributed by atoms with E-state index in [1.807, 2.05) is 27.7 Å². The standard InChI is InChI=1S/C12H24N2O2/c1-9(2)14(10(3)4)12(15)16-11-6-5-7-13-8-11/h9-11,13H,5-8H2,1-4H3/t11-/m1/s1. The van der Waals surface area contributed by atoms with Gasteiger partial charge in [-0.3, -0.25) is 0 Å². The first kappa shape index (κ1) is 13.3. The summed E-state index contributed by atoms with van der Waals surface area (Å²) in [6.45, 7) is 9.88. The minimum Gasteiger partial charge on any atom is -0.445 e. The Morgan fingerprint density at radius 3 is 2.38 bits per heavy atom. The summed E-state index contributed by atoms with van der Waals surface area (Å²) in [6, 6.07) is 0.369. The van der Waals surface area contributed by atoms with Gasteiger partial charge in [0.05, 0.1) is 0 Å². The van der Waals surface area contributed by atoms with E-state index in [2.05, 4.69) is 5.32 Å². The van der Waals surface area contributed by atoms with Crippen molar-refractivity contribution in [3.8, 4) is 0 Å². The molecule has 0 aliphatic carbocycles. The van der Waals surface area contributed by atoms with Gasteiger partial charge in [-0.05, 0) is 47.1 Å². The lowest BCUT2D eigenvalue weighted by Crippen LogP contribution is -2.46. The molecule has 1 heterocycles. The minimum atomic E-state index is -0.182. The maximum absolute atomic E-state index is 12.0. The second-order valence-electron chi connectivity index (χ2n) is 4.95. The quantitative estimate of drug-likeness (QED) is 0.803. The van der Waals surface area contributed by atoms with E-state index >= 15 is 0 Å². The molecular weight excluding hydrogens is 204 g/mol. The second-order valence-corrected chi connectivity index (χ2v) is 4.95. The number of carbonyl (C=O) groups is 1. The molecular formula is C12H24N2O2. The summed E-state index contributed by atoms with van der Waals surface area (Å²) in [6.07, 6.45) is 1.92. The maximum Gasteiger partial charge on any atom is 0.410 e. The molecule has 1 N–H and O–H groups in total. The van der Waals surface area contributed by atoms with Crippen LogP contribution in [0.4, 0.5) is 4.79 Å². The van der Waals surface area contributed by atoms with Gasteiger partial charge in [0.1, 0.15) is 6.10 Å². The van der Waals surface area contributed by atoms with Gasteiger partial charge in [-0.1, -0.05) is 0 Å². The summed E-state index contributed by atoms with van der Waals surface area (Å²) >= 11 is 0. The van der Waals surface area contributed by atoms with Gasteiger partial charge < -0.3 is 15.0 Å². The Hall–Kier alpha value is -0.770. The molecule has 0 aromatic heterocycles. The van der Waals surface area contributed by atoms with Crippen LogP contribution >= 0.6 is 0 Å². The Kier molecular flexibility index (Phi) is 5.06. The van der Waals surface area contributed by atoms with Crippen LogP contribution in [0, 0.1) is 0 Å². The molecule has 0 aromatic carbocycles. The van der Waals surface area contributed by atoms with Gasteiger partial charge >= 0.3 is 6.09 Å². The van der Waals surface area contributed by atoms with Gasteiger partial charge in [0.15, 0.2) is 0 Å². The van der Waals surface area contributed by atoms with Crippen molar-refractivity contribution >= 4 is 6.09 Å². The Balaban J connectivity index is 2.47. The topological polar surface area (TPSA) is 41.6 Å². The van der Waals surface area contributed by atoms with Crippen molar-refractivity contribution in [3.63, 3.8) is 0 Å². The van der Waals surface area contributed by atoms with Crippen molar-refractivity contribution in [2.24, 2.45) is 0 Å². The first-order valence-electron chi connectivity index (χ1n) is 6.22. The van der Waals surface area contributed by atoms with E-state index in [1.54, 1.807) is 4.90 Å². The molecule has 1 saturated heterocycles. The molecule has 0 spiro atoms. The molecule has 1 atom stereocenters. The summed E-state index contributed by atoms with van der Waals surface area (Å²) in [5.74, 6) is 0. The first-order chi connectivity index (χ1) is 7.52. The smallest absolute Gasteiger partial charge is 0.410 e. The fourth-order valence-corrected chi connectivity index (χ4v) is 2.14. The van der Waals surface area contributed by atoms with E-state index in [9.17, 15) is 4.79 Å². The fourth-order valence-electron chi connectivity index (χ4n) is 2.14. The maximum atomic E-state index is 12.0. The number of carbonyl (C=O) groups excluding carboxylic acids is 1. The highest BCUT2D eigenvalue weighted by Gasteiger charge is 2.25. The zero-order valence-corrected chi connectivity index (χ0v) is 10.8. The highest BCUT2D eigenvalue weighted by Crippen LogP contribution is 2.12. The van der Waals surface area contributed by atoms with E-state index in [4.69, 9.17) is 4.74 Å². The molecule has 0 bridgehead atoms. The van der Waals surface area contributed by atoms with E-state index in [0.717, 1.165) is 25.9 Å². The Labute approximate surface area is 98.3 Å². The summed E-state index contributed by atoms with van der Waals surface area (Å²) in [4.78, 5) is 13.8. The molecule has 1 aliphatic heterocycles. The number of amides is 1. The average molecular weight is 228 g/mol. The van der Waals surface area contributed by atoms with Gasteiger partial charge in [-0.25, -0.2) is 4.79 Å². The molecule has 0 aromatic rings. The predicted molar refractivity (Wildman–Crippen MR) is 64.5 cm³/mol. The van der Waals surface area contributed by atoms with Crippen LogP contribution < -0.4 is 5.32 Å². The number of hydrogen-bond donors (Lipinski definition) is 1. The summed E-state index contributed by atoms with van der Waals surface area (Å²) in [5.41, 5.74) is 0. The first-order valence-corrected chi connectivity index (χ1v) is 6.22. The molecule has 1 rings (SSSR count). The number of nitrogens with one attached hydrogen (secondary N) is 1. The fraction of sp³-hybridized carbons (Fsp3) is 0.917. The van der Waals surface area contributed by atoms with Crippen molar-refractivity contribution in [2.75, 3.05) is 13.1 Å². The largest absolute Gasteiger partial charge is 0.445 e. The third-order valence-electron chi connectivity index (χ3n) is 2.84. The molecule has 1 aliphatic rings. The zero-order chi connectivity index (χ0) is 12.1. The van der Waals surface area contributed by atoms with E-state index in [-0.39, 0.29) is 24.3 Å². The molecule has 0 radical (unpaired) electrons. The molecule has 4 nitrogen and oxygen atoms in total. The zero-order valence-electron chi connectivity index (χ0n) is 10.8. The van der Waals surface area contributed by atoms with Crippen molar-refractivity contribution in [1.29, 1.82) is 0 Å². The normalized spacial score (nSPS) is 21.2. The van der Waals surface area contributed by atoms with Gasteiger partial charge in [-0.15, -0.1) is 0 Å². The molecule has 0 saturated carbocycles. The van der Waals surface area contributed by atoms with Gasteiger partial charge in [0, 0.05) is 18.6 Å². The molecule has 1 fully saturated rings. The Bertz CT molecular complexity index is 215. The predicted octanol–water partition coefficient (Wildman–Crippen LogP) is 1.99. The van der Waals surface area contributed by atoms with E-state index < -0.39 is 0 Å². The van der Waals surface area contributed by atoms with Crippen LogP contribution in [0.2, 0.25) is 0 Å². The van der Waals surface area contributed by atoms with Crippen LogP contribution in [0.3, 0.4) is 0 Å². The number of hydrogen-bond acceptors (Lipinski definition) is 3. The number of piperidine rings is 1. The molecule has 4 heteroatoms. The number of ether oxygens (including phenoxy) is 1. The van der Waals surface area contributed by atoms with Gasteiger partial charge in [0.25, 0.3) is 0 Å². The van der Waals surface area contributed by atoms with Crippen LogP contribution in [0.25, 0.3) is 0 Å². The highest BCUT2D eigenvalue weighted by atomic mass is 16.6. The third kappa shape index (κ3) is 3.67. The minimum absolute atomic E-state index is 0.0428. The lowest BCUT2D eigenvalue weighted by atomic mass is 10.1. The van der Waals surface area contributed by atoms with Crippen molar-refractivity contribution in [3.05, 3.63) is 0 Å². The van der Waals surface area contributed by atoms with Crippen molar-refractivity contribution in [1.82, 2.24) is 10.2 Å². The van der Waals surface area contributed by atoms with Crippen LogP contribution in [0.5, 0.6) is 0 Å². The summed E-state index contributed by atoms with van der Waals surface area (Å²) < 4.78 is 5.50. The van der Waals surface area contributed by atoms with Crippen LogP contribution in [0.1, 0.15) is 40.5 Å². The summed E-state index contributed by atoms with van der Waals surface area (Å²) in [5, 5.41) is 3.24. The van der Waals surface area contributed by atoms with Gasteiger partial charge in [-0.2, -0.15) is 0 Å². The van der Waals surface area contributed by atoms with E-state index in [0.29, 0.717) is 0 Å². The second kappa shape index (κ2) is 6.09. The highest BCUT2D eigenvalue weighted by molar-refractivity contribution is 5.68. The van der Waals surface area contributed by atoms with Crippen molar-refractivity contribution in [2.45, 2.75) is 58.7 Å². The Morgan fingerprint density at radius 2 is 1.94 bits per heavy atom. The molecule has 16 heavy (non-hydrogen) atoms. The van der Waals surface area contributed by atoms with Gasteiger partial charge in [0.2, 0.25) is 0 Å². The summed E-state index contributed by atoms with van der Waals surface area (Å²) in [7, 11) is 0. The molecule has 94 valence electrons. The van der Waals surface area contributed by atoms with E-state index in [1.165, 1.54) is 0 Å². The van der Waals surface area contributed by atoms with Crippen molar-refractivity contribution < 1.29 is 9.53 Å². The van der Waals surface area contributed by atoms with Crippen LogP contribution in [0.15, 0.2) is 0 Å². The van der Waals surface area contributed by atoms with Crippen LogP contribution in [-0.2, 0) is 4.74 Å². The lowest BCUT2D eigenvalue weighted by Gasteiger charge is -2.32. The average Bonchev–Trinajstić information content (AvgIpc) is 2.17.